The number of hydrogen-bond donors (Lipinski definition) is 2. The molecule has 1 aromatic rings. The highest BCUT2D eigenvalue weighted by Crippen LogP contribution is 2.22. The fourth-order valence-corrected chi connectivity index (χ4v) is 2.64. The molecule has 1 heterocycles. The number of likely N-dealkylation sites (N-methyl/N-ethyl adjacent to an activating group) is 1. The van der Waals surface area contributed by atoms with Gasteiger partial charge in [0.05, 0.1) is 12.3 Å². The second-order valence-corrected chi connectivity index (χ2v) is 4.87. The van der Waals surface area contributed by atoms with Gasteiger partial charge >= 0.3 is 0 Å². The van der Waals surface area contributed by atoms with E-state index < -0.39 is 0 Å². The lowest BCUT2D eigenvalue weighted by atomic mass is 10.0. The summed E-state index contributed by atoms with van der Waals surface area (Å²) in [6, 6.07) is 0.191. The topological polar surface area (TPSA) is 50.1 Å². The van der Waals surface area contributed by atoms with Gasteiger partial charge in [0.25, 0.3) is 0 Å². The number of nitrogens with zero attached hydrogens (tertiary/aromatic N) is 2. The first kappa shape index (κ1) is 12.6. The highest BCUT2D eigenvalue weighted by atomic mass is 16.3. The van der Waals surface area contributed by atoms with Crippen LogP contribution >= 0.6 is 0 Å². The SMILES string of the molecule is CNC(CO)CCn1c(C)nc2c1CCCC2. The zero-order valence-corrected chi connectivity index (χ0v) is 10.9. The van der Waals surface area contributed by atoms with Crippen LogP contribution in [-0.2, 0) is 19.4 Å². The van der Waals surface area contributed by atoms with E-state index in [-0.39, 0.29) is 12.6 Å². The molecule has 2 rings (SSSR count). The van der Waals surface area contributed by atoms with Gasteiger partial charge in [0, 0.05) is 18.3 Å². The molecule has 0 aliphatic heterocycles. The van der Waals surface area contributed by atoms with Crippen molar-refractivity contribution >= 4 is 0 Å². The molecule has 1 unspecified atom stereocenters. The van der Waals surface area contributed by atoms with Crippen LogP contribution in [0.2, 0.25) is 0 Å². The van der Waals surface area contributed by atoms with Gasteiger partial charge in [0.1, 0.15) is 5.82 Å². The molecule has 17 heavy (non-hydrogen) atoms. The smallest absolute Gasteiger partial charge is 0.106 e. The maximum atomic E-state index is 9.18. The Labute approximate surface area is 103 Å². The van der Waals surface area contributed by atoms with Gasteiger partial charge in [-0.15, -0.1) is 0 Å². The molecule has 1 aromatic heterocycles. The molecule has 0 spiro atoms. The predicted octanol–water partition coefficient (Wildman–Crippen LogP) is 1.04. The van der Waals surface area contributed by atoms with Crippen LogP contribution in [-0.4, -0.2) is 34.4 Å². The Morgan fingerprint density at radius 2 is 2.18 bits per heavy atom. The molecule has 0 bridgehead atoms. The van der Waals surface area contributed by atoms with Gasteiger partial charge in [-0.05, 0) is 46.1 Å². The second-order valence-electron chi connectivity index (χ2n) is 4.87. The molecule has 1 atom stereocenters. The number of aliphatic hydroxyl groups excluding tert-OH is 1. The summed E-state index contributed by atoms with van der Waals surface area (Å²) in [5, 5.41) is 12.3. The van der Waals surface area contributed by atoms with E-state index >= 15 is 0 Å². The largest absolute Gasteiger partial charge is 0.395 e. The van der Waals surface area contributed by atoms with Crippen LogP contribution in [0.25, 0.3) is 0 Å². The van der Waals surface area contributed by atoms with Crippen molar-refractivity contribution in [3.8, 4) is 0 Å². The van der Waals surface area contributed by atoms with E-state index in [0.29, 0.717) is 0 Å². The first-order valence-corrected chi connectivity index (χ1v) is 6.59. The van der Waals surface area contributed by atoms with E-state index in [1.54, 1.807) is 0 Å². The lowest BCUT2D eigenvalue weighted by Crippen LogP contribution is -2.30. The number of aryl methyl sites for hydroxylation is 2. The van der Waals surface area contributed by atoms with Gasteiger partial charge in [-0.1, -0.05) is 0 Å². The van der Waals surface area contributed by atoms with Crippen LogP contribution < -0.4 is 5.32 Å². The number of aromatic nitrogens is 2. The van der Waals surface area contributed by atoms with Crippen molar-refractivity contribution in [1.82, 2.24) is 14.9 Å². The number of rotatable bonds is 5. The molecule has 2 N–H and O–H groups in total. The third-order valence-electron chi connectivity index (χ3n) is 3.75. The Hall–Kier alpha value is -0.870. The molecule has 1 aliphatic rings. The Bertz CT molecular complexity index is 369. The van der Waals surface area contributed by atoms with Crippen LogP contribution in [0.4, 0.5) is 0 Å². The highest BCUT2D eigenvalue weighted by Gasteiger charge is 2.18. The van der Waals surface area contributed by atoms with Crippen molar-refractivity contribution in [3.05, 3.63) is 17.2 Å². The zero-order chi connectivity index (χ0) is 12.3. The van der Waals surface area contributed by atoms with E-state index in [2.05, 4.69) is 21.8 Å². The second kappa shape index (κ2) is 5.65. The minimum atomic E-state index is 0.191. The quantitative estimate of drug-likeness (QED) is 0.804. The molecule has 0 radical (unpaired) electrons. The number of imidazole rings is 1. The summed E-state index contributed by atoms with van der Waals surface area (Å²) in [7, 11) is 1.90. The summed E-state index contributed by atoms with van der Waals surface area (Å²) in [4.78, 5) is 4.66. The first-order chi connectivity index (χ1) is 8.26. The van der Waals surface area contributed by atoms with Gasteiger partial charge in [-0.25, -0.2) is 4.98 Å². The Balaban J connectivity index is 2.07. The maximum Gasteiger partial charge on any atom is 0.106 e. The minimum absolute atomic E-state index is 0.191. The monoisotopic (exact) mass is 237 g/mol. The van der Waals surface area contributed by atoms with E-state index in [0.717, 1.165) is 25.2 Å². The standard InChI is InChI=1S/C13H23N3O/c1-10-15-12-5-3-4-6-13(12)16(10)8-7-11(9-17)14-2/h11,14,17H,3-9H2,1-2H3. The average molecular weight is 237 g/mol. The molecule has 4 heteroatoms. The van der Waals surface area contributed by atoms with Crippen LogP contribution in [0.1, 0.15) is 36.5 Å². The third-order valence-corrected chi connectivity index (χ3v) is 3.75. The highest BCUT2D eigenvalue weighted by molar-refractivity contribution is 5.19. The van der Waals surface area contributed by atoms with Gasteiger partial charge < -0.3 is 15.0 Å². The van der Waals surface area contributed by atoms with E-state index in [9.17, 15) is 5.11 Å². The van der Waals surface area contributed by atoms with Crippen molar-refractivity contribution in [2.75, 3.05) is 13.7 Å². The summed E-state index contributed by atoms with van der Waals surface area (Å²) in [5.74, 6) is 1.13. The summed E-state index contributed by atoms with van der Waals surface area (Å²) in [6.07, 6.45) is 5.82. The summed E-state index contributed by atoms with van der Waals surface area (Å²) >= 11 is 0. The maximum absolute atomic E-state index is 9.18. The van der Waals surface area contributed by atoms with Crippen molar-refractivity contribution in [2.45, 2.75) is 51.6 Å². The molecular weight excluding hydrogens is 214 g/mol. The van der Waals surface area contributed by atoms with Crippen molar-refractivity contribution in [1.29, 1.82) is 0 Å². The van der Waals surface area contributed by atoms with Crippen LogP contribution in [0.3, 0.4) is 0 Å². The molecular formula is C13H23N3O. The number of aliphatic hydroxyl groups is 1. The molecule has 4 nitrogen and oxygen atoms in total. The van der Waals surface area contributed by atoms with Crippen LogP contribution in [0.5, 0.6) is 0 Å². The van der Waals surface area contributed by atoms with Gasteiger partial charge in [0.2, 0.25) is 0 Å². The molecule has 0 saturated heterocycles. The fourth-order valence-electron chi connectivity index (χ4n) is 2.64. The van der Waals surface area contributed by atoms with Crippen molar-refractivity contribution in [2.24, 2.45) is 0 Å². The van der Waals surface area contributed by atoms with E-state index in [1.165, 1.54) is 30.7 Å². The Morgan fingerprint density at radius 1 is 1.41 bits per heavy atom. The zero-order valence-electron chi connectivity index (χ0n) is 10.9. The van der Waals surface area contributed by atoms with Crippen molar-refractivity contribution < 1.29 is 5.11 Å². The lowest BCUT2D eigenvalue weighted by Gasteiger charge is -2.17. The van der Waals surface area contributed by atoms with Crippen molar-refractivity contribution in [3.63, 3.8) is 0 Å². The minimum Gasteiger partial charge on any atom is -0.395 e. The number of nitrogens with one attached hydrogen (secondary N) is 1. The van der Waals surface area contributed by atoms with E-state index in [4.69, 9.17) is 0 Å². The molecule has 1 aliphatic carbocycles. The molecule has 96 valence electrons. The summed E-state index contributed by atoms with van der Waals surface area (Å²) in [6.45, 7) is 3.25. The van der Waals surface area contributed by atoms with Gasteiger partial charge in [0.15, 0.2) is 0 Å². The Morgan fingerprint density at radius 3 is 2.88 bits per heavy atom. The summed E-state index contributed by atoms with van der Waals surface area (Å²) in [5.41, 5.74) is 2.74. The molecule has 0 fully saturated rings. The molecule has 0 saturated carbocycles. The number of hydrogen-bond acceptors (Lipinski definition) is 3. The van der Waals surface area contributed by atoms with Crippen LogP contribution in [0.15, 0.2) is 0 Å². The van der Waals surface area contributed by atoms with Gasteiger partial charge in [-0.3, -0.25) is 0 Å². The lowest BCUT2D eigenvalue weighted by molar-refractivity contribution is 0.237. The molecule has 0 amide bonds. The average Bonchev–Trinajstić information content (AvgIpc) is 2.67. The normalized spacial score (nSPS) is 16.9. The van der Waals surface area contributed by atoms with E-state index in [1.807, 2.05) is 7.05 Å². The van der Waals surface area contributed by atoms with Crippen LogP contribution in [0, 0.1) is 6.92 Å². The fraction of sp³-hybridized carbons (Fsp3) is 0.769. The first-order valence-electron chi connectivity index (χ1n) is 6.59. The Kier molecular flexibility index (Phi) is 4.18. The van der Waals surface area contributed by atoms with Gasteiger partial charge in [-0.2, -0.15) is 0 Å². The summed E-state index contributed by atoms with van der Waals surface area (Å²) < 4.78 is 2.34. The third kappa shape index (κ3) is 2.69. The predicted molar refractivity (Wildman–Crippen MR) is 68.2 cm³/mol. The molecule has 0 aromatic carbocycles. The number of fused-ring (bicyclic) bond motifs is 1.